The molecule has 3 rings (SSSR count). The van der Waals surface area contributed by atoms with Crippen molar-refractivity contribution in [1.82, 2.24) is 20.2 Å². The fourth-order valence-corrected chi connectivity index (χ4v) is 1.95. The molecule has 0 aliphatic rings. The van der Waals surface area contributed by atoms with Gasteiger partial charge in [0.15, 0.2) is 0 Å². The van der Waals surface area contributed by atoms with Crippen LogP contribution in [0.2, 0.25) is 0 Å². The smallest absolute Gasteiger partial charge is 0.127 e. The summed E-state index contributed by atoms with van der Waals surface area (Å²) in [6, 6.07) is 11.0. The normalized spacial score (nSPS) is 10.4. The van der Waals surface area contributed by atoms with E-state index in [0.717, 1.165) is 5.56 Å². The first kappa shape index (κ1) is 13.1. The SMILES string of the molecule is COc1ccc(OC)c(-c2nnc(-c3ccccn3)[n-]2)c1. The number of methoxy groups -OCH3 is 2. The van der Waals surface area contributed by atoms with Crippen LogP contribution in [0, 0.1) is 0 Å². The van der Waals surface area contributed by atoms with Crippen LogP contribution in [0.1, 0.15) is 0 Å². The van der Waals surface area contributed by atoms with Crippen LogP contribution in [0.3, 0.4) is 0 Å². The molecule has 0 atom stereocenters. The van der Waals surface area contributed by atoms with Crippen LogP contribution in [0.5, 0.6) is 11.5 Å². The molecule has 0 radical (unpaired) electrons. The summed E-state index contributed by atoms with van der Waals surface area (Å²) in [6.45, 7) is 0. The first-order valence-electron chi connectivity index (χ1n) is 6.33. The van der Waals surface area contributed by atoms with E-state index in [-0.39, 0.29) is 0 Å². The van der Waals surface area contributed by atoms with E-state index in [9.17, 15) is 0 Å². The summed E-state index contributed by atoms with van der Waals surface area (Å²) in [5.74, 6) is 2.33. The van der Waals surface area contributed by atoms with Crippen molar-refractivity contribution in [3.05, 3.63) is 42.6 Å². The van der Waals surface area contributed by atoms with Crippen molar-refractivity contribution in [3.8, 4) is 34.4 Å². The largest absolute Gasteiger partial charge is 0.497 e. The Morgan fingerprint density at radius 1 is 0.952 bits per heavy atom. The maximum Gasteiger partial charge on any atom is 0.127 e. The maximum atomic E-state index is 5.34. The van der Waals surface area contributed by atoms with Crippen molar-refractivity contribution in [2.24, 2.45) is 0 Å². The van der Waals surface area contributed by atoms with Gasteiger partial charge in [0.2, 0.25) is 0 Å². The third kappa shape index (κ3) is 2.55. The molecule has 0 saturated heterocycles. The number of pyridine rings is 1. The average Bonchev–Trinajstić information content (AvgIpc) is 3.05. The van der Waals surface area contributed by atoms with Gasteiger partial charge in [-0.2, -0.15) is 0 Å². The topological polar surface area (TPSA) is 71.2 Å². The number of nitrogens with zero attached hydrogens (tertiary/aromatic N) is 4. The molecule has 3 aromatic rings. The van der Waals surface area contributed by atoms with Gasteiger partial charge in [-0.05, 0) is 30.3 Å². The molecule has 0 amide bonds. The molecule has 0 fully saturated rings. The highest BCUT2D eigenvalue weighted by atomic mass is 16.5. The Labute approximate surface area is 121 Å². The first-order valence-corrected chi connectivity index (χ1v) is 6.33. The molecule has 0 unspecified atom stereocenters. The van der Waals surface area contributed by atoms with Crippen molar-refractivity contribution >= 4 is 0 Å². The Morgan fingerprint density at radius 3 is 2.52 bits per heavy atom. The van der Waals surface area contributed by atoms with Crippen molar-refractivity contribution in [1.29, 1.82) is 0 Å². The molecular formula is C15H13N4O2-. The summed E-state index contributed by atoms with van der Waals surface area (Å²) < 4.78 is 10.6. The zero-order valence-electron chi connectivity index (χ0n) is 11.6. The van der Waals surface area contributed by atoms with Gasteiger partial charge < -0.3 is 24.7 Å². The molecule has 0 aliphatic heterocycles. The van der Waals surface area contributed by atoms with E-state index in [1.807, 2.05) is 36.4 Å². The molecule has 6 nitrogen and oxygen atoms in total. The standard InChI is InChI=1S/C15H13N4O2/c1-20-10-6-7-13(21-2)11(9-10)14-17-15(19-18-14)12-5-3-4-8-16-12/h3-9H,1-2H3/q-1. The van der Waals surface area contributed by atoms with Gasteiger partial charge in [0.05, 0.1) is 19.9 Å². The number of hydrogen-bond donors (Lipinski definition) is 0. The van der Waals surface area contributed by atoms with E-state index < -0.39 is 0 Å². The second-order valence-corrected chi connectivity index (χ2v) is 4.24. The van der Waals surface area contributed by atoms with Gasteiger partial charge >= 0.3 is 0 Å². The molecule has 0 saturated carbocycles. The number of rotatable bonds is 4. The summed E-state index contributed by atoms with van der Waals surface area (Å²) in [7, 11) is 3.20. The monoisotopic (exact) mass is 281 g/mol. The molecule has 0 spiro atoms. The predicted molar refractivity (Wildman–Crippen MR) is 77.1 cm³/mol. The van der Waals surface area contributed by atoms with Crippen LogP contribution in [0.4, 0.5) is 0 Å². The van der Waals surface area contributed by atoms with Crippen LogP contribution in [0.25, 0.3) is 22.9 Å². The molecular weight excluding hydrogens is 268 g/mol. The number of hydrogen-bond acceptors (Lipinski definition) is 5. The van der Waals surface area contributed by atoms with Gasteiger partial charge in [0.1, 0.15) is 11.5 Å². The summed E-state index contributed by atoms with van der Waals surface area (Å²) in [5.41, 5.74) is 1.41. The Morgan fingerprint density at radius 2 is 1.81 bits per heavy atom. The summed E-state index contributed by atoms with van der Waals surface area (Å²) in [6.07, 6.45) is 1.69. The lowest BCUT2D eigenvalue weighted by Gasteiger charge is -2.10. The van der Waals surface area contributed by atoms with Crippen molar-refractivity contribution < 1.29 is 9.47 Å². The highest BCUT2D eigenvalue weighted by Crippen LogP contribution is 2.31. The summed E-state index contributed by atoms with van der Waals surface area (Å²) >= 11 is 0. The van der Waals surface area contributed by atoms with E-state index in [2.05, 4.69) is 20.2 Å². The van der Waals surface area contributed by atoms with Gasteiger partial charge in [-0.15, -0.1) is 0 Å². The molecule has 0 aliphatic carbocycles. The first-order chi connectivity index (χ1) is 10.3. The van der Waals surface area contributed by atoms with Crippen molar-refractivity contribution in [2.75, 3.05) is 14.2 Å². The van der Waals surface area contributed by atoms with E-state index in [4.69, 9.17) is 9.47 Å². The highest BCUT2D eigenvalue weighted by Gasteiger charge is 2.07. The van der Waals surface area contributed by atoms with Crippen LogP contribution >= 0.6 is 0 Å². The Balaban J connectivity index is 2.04. The van der Waals surface area contributed by atoms with Gasteiger partial charge in [-0.25, -0.2) is 0 Å². The van der Waals surface area contributed by atoms with Gasteiger partial charge in [-0.1, -0.05) is 6.07 Å². The maximum absolute atomic E-state index is 5.34. The van der Waals surface area contributed by atoms with Gasteiger partial charge in [0.25, 0.3) is 0 Å². The van der Waals surface area contributed by atoms with Gasteiger partial charge in [-0.3, -0.25) is 4.98 Å². The number of aromatic nitrogens is 4. The van der Waals surface area contributed by atoms with Crippen molar-refractivity contribution in [2.45, 2.75) is 0 Å². The van der Waals surface area contributed by atoms with E-state index >= 15 is 0 Å². The minimum atomic E-state index is 0.478. The zero-order chi connectivity index (χ0) is 14.7. The lowest BCUT2D eigenvalue weighted by Crippen LogP contribution is -1.92. The lowest BCUT2D eigenvalue weighted by atomic mass is 10.2. The molecule has 0 N–H and O–H groups in total. The molecule has 0 bridgehead atoms. The molecule has 2 heterocycles. The van der Waals surface area contributed by atoms with E-state index in [1.54, 1.807) is 20.4 Å². The van der Waals surface area contributed by atoms with Crippen LogP contribution in [-0.4, -0.2) is 29.4 Å². The van der Waals surface area contributed by atoms with Crippen LogP contribution in [0.15, 0.2) is 42.6 Å². The fraction of sp³-hybridized carbons (Fsp3) is 0.133. The average molecular weight is 281 g/mol. The van der Waals surface area contributed by atoms with Crippen LogP contribution in [-0.2, 0) is 0 Å². The molecule has 1 aromatic carbocycles. The Hall–Kier alpha value is -2.89. The zero-order valence-corrected chi connectivity index (χ0v) is 11.6. The minimum Gasteiger partial charge on any atom is -0.497 e. The molecule has 2 aromatic heterocycles. The fourth-order valence-electron chi connectivity index (χ4n) is 1.95. The second-order valence-electron chi connectivity index (χ2n) is 4.24. The quantitative estimate of drug-likeness (QED) is 0.730. The minimum absolute atomic E-state index is 0.478. The van der Waals surface area contributed by atoms with Crippen LogP contribution < -0.4 is 14.5 Å². The van der Waals surface area contributed by atoms with E-state index in [1.165, 1.54) is 0 Å². The van der Waals surface area contributed by atoms with E-state index in [0.29, 0.717) is 28.8 Å². The Bertz CT molecular complexity index is 740. The third-order valence-electron chi connectivity index (χ3n) is 2.99. The van der Waals surface area contributed by atoms with Crippen molar-refractivity contribution in [3.63, 3.8) is 0 Å². The summed E-state index contributed by atoms with van der Waals surface area (Å²) in [4.78, 5) is 8.63. The van der Waals surface area contributed by atoms with Gasteiger partial charge in [0, 0.05) is 23.4 Å². The highest BCUT2D eigenvalue weighted by molar-refractivity contribution is 5.67. The third-order valence-corrected chi connectivity index (χ3v) is 2.99. The summed E-state index contributed by atoms with van der Waals surface area (Å²) in [5, 5.41) is 8.18. The number of benzene rings is 1. The second kappa shape index (κ2) is 5.62. The molecule has 6 heteroatoms. The predicted octanol–water partition coefficient (Wildman–Crippen LogP) is 2.18. The molecule has 21 heavy (non-hydrogen) atoms. The number of ether oxygens (including phenoxy) is 2. The Kier molecular flexibility index (Phi) is 3.51. The lowest BCUT2D eigenvalue weighted by molar-refractivity contribution is 0.404. The molecule has 106 valence electrons.